The molecule has 2 aromatic rings. The van der Waals surface area contributed by atoms with Gasteiger partial charge in [-0.05, 0) is 6.92 Å². The maximum atomic E-state index is 11.9. The molecule has 2 aromatic heterocycles. The molecule has 10 heteroatoms. The fourth-order valence-electron chi connectivity index (χ4n) is 3.39. The molecule has 1 fully saturated rings. The Morgan fingerprint density at radius 2 is 2.21 bits per heavy atom. The van der Waals surface area contributed by atoms with Crippen LogP contribution in [0.3, 0.4) is 0 Å². The third kappa shape index (κ3) is 2.04. The van der Waals surface area contributed by atoms with Gasteiger partial charge >= 0.3 is 5.69 Å². The van der Waals surface area contributed by atoms with Gasteiger partial charge in [-0.25, -0.2) is 4.79 Å². The van der Waals surface area contributed by atoms with Crippen molar-refractivity contribution in [1.82, 2.24) is 14.5 Å². The van der Waals surface area contributed by atoms with Gasteiger partial charge in [0.1, 0.15) is 23.6 Å². The van der Waals surface area contributed by atoms with Crippen molar-refractivity contribution < 1.29 is 20.1 Å². The number of aromatic nitrogens is 3. The lowest BCUT2D eigenvalue weighted by Crippen LogP contribution is -2.44. The Morgan fingerprint density at radius 1 is 1.46 bits per heavy atom. The third-order valence-corrected chi connectivity index (χ3v) is 4.62. The number of nitrogens with one attached hydrogen (secondary N) is 3. The van der Waals surface area contributed by atoms with Crippen molar-refractivity contribution in [3.05, 3.63) is 16.7 Å². The van der Waals surface area contributed by atoms with E-state index in [1.807, 2.05) is 0 Å². The molecule has 6 N–H and O–H groups in total. The third-order valence-electron chi connectivity index (χ3n) is 4.62. The monoisotopic (exact) mass is 337 g/mol. The van der Waals surface area contributed by atoms with Gasteiger partial charge in [-0.2, -0.15) is 4.98 Å². The van der Waals surface area contributed by atoms with Crippen LogP contribution in [0.5, 0.6) is 0 Å². The van der Waals surface area contributed by atoms with Crippen LogP contribution in [0, 0.1) is 0 Å². The predicted octanol–water partition coefficient (Wildman–Crippen LogP) is -1.44. The van der Waals surface area contributed by atoms with Crippen molar-refractivity contribution in [2.75, 3.05) is 30.3 Å². The summed E-state index contributed by atoms with van der Waals surface area (Å²) in [5, 5.41) is 37.2. The number of nitrogens with zero attached hydrogens (tertiary/aromatic N) is 2. The second-order valence-corrected chi connectivity index (χ2v) is 6.30. The number of rotatable bonds is 2. The molecule has 0 aromatic carbocycles. The van der Waals surface area contributed by atoms with Gasteiger partial charge in [0.05, 0.1) is 17.7 Å². The van der Waals surface area contributed by atoms with Crippen LogP contribution < -0.4 is 16.3 Å². The zero-order valence-electron chi connectivity index (χ0n) is 13.0. The molecule has 1 saturated heterocycles. The normalized spacial score (nSPS) is 32.4. The van der Waals surface area contributed by atoms with E-state index in [0.29, 0.717) is 29.9 Å². The largest absolute Gasteiger partial charge is 0.394 e. The molecule has 24 heavy (non-hydrogen) atoms. The zero-order valence-corrected chi connectivity index (χ0v) is 13.0. The highest BCUT2D eigenvalue weighted by Crippen LogP contribution is 2.42. The Morgan fingerprint density at radius 3 is 2.92 bits per heavy atom. The number of H-pyrrole nitrogens is 1. The molecule has 4 atom stereocenters. The van der Waals surface area contributed by atoms with E-state index in [4.69, 9.17) is 4.74 Å². The molecule has 4 rings (SSSR count). The standard InChI is InChI=1S/C14H19N5O5/c1-14(23)9(21)7(5-20)24-12(14)19-4-6-8-10(16-3-2-15-6)17-13(22)18-11(8)19/h4,7,9,12,15,20-21,23H,2-3,5H2,1H3,(H2,16,17,18,22)/t7-,9-,12?,14-/m1/s1. The molecule has 1 unspecified atom stereocenters. The molecule has 130 valence electrons. The van der Waals surface area contributed by atoms with E-state index in [1.165, 1.54) is 11.5 Å². The summed E-state index contributed by atoms with van der Waals surface area (Å²) in [6.07, 6.45) is -1.50. The second-order valence-electron chi connectivity index (χ2n) is 6.30. The van der Waals surface area contributed by atoms with Crippen LogP contribution in [0.25, 0.3) is 11.0 Å². The topological polar surface area (TPSA) is 145 Å². The van der Waals surface area contributed by atoms with Gasteiger partial charge in [-0.15, -0.1) is 0 Å². The average molecular weight is 337 g/mol. The van der Waals surface area contributed by atoms with E-state index in [-0.39, 0.29) is 0 Å². The molecule has 10 nitrogen and oxygen atoms in total. The SMILES string of the molecule is C[C@]1(O)C(n2cc3c4c([nH]c(=O)nc42)NCCN3)O[C@H](CO)[C@H]1O. The first kappa shape index (κ1) is 15.4. The number of hydrogen-bond donors (Lipinski definition) is 6. The molecular formula is C14H19N5O5. The van der Waals surface area contributed by atoms with Gasteiger partial charge in [0, 0.05) is 19.3 Å². The smallest absolute Gasteiger partial charge is 0.348 e. The quantitative estimate of drug-likeness (QED) is 0.391. The zero-order chi connectivity index (χ0) is 17.1. The van der Waals surface area contributed by atoms with Crippen molar-refractivity contribution in [3.63, 3.8) is 0 Å². The Kier molecular flexibility index (Phi) is 3.32. The summed E-state index contributed by atoms with van der Waals surface area (Å²) in [7, 11) is 0. The van der Waals surface area contributed by atoms with Gasteiger partial charge in [0.25, 0.3) is 0 Å². The molecule has 2 aliphatic heterocycles. The van der Waals surface area contributed by atoms with Crippen molar-refractivity contribution in [3.8, 4) is 0 Å². The summed E-state index contributed by atoms with van der Waals surface area (Å²) in [6, 6.07) is 0. The van der Waals surface area contributed by atoms with E-state index < -0.39 is 36.3 Å². The highest BCUT2D eigenvalue weighted by molar-refractivity contribution is 5.99. The summed E-state index contributed by atoms with van der Waals surface area (Å²) in [4.78, 5) is 18.6. The highest BCUT2D eigenvalue weighted by atomic mass is 16.6. The maximum absolute atomic E-state index is 11.9. The van der Waals surface area contributed by atoms with E-state index in [2.05, 4.69) is 20.6 Å². The number of aromatic amines is 1. The first-order valence-corrected chi connectivity index (χ1v) is 7.73. The predicted molar refractivity (Wildman–Crippen MR) is 85.0 cm³/mol. The number of ether oxygens (including phenoxy) is 1. The molecule has 0 radical (unpaired) electrons. The van der Waals surface area contributed by atoms with Gasteiger partial charge in [-0.1, -0.05) is 0 Å². The Balaban J connectivity index is 1.92. The Bertz CT molecular complexity index is 844. The fourth-order valence-corrected chi connectivity index (χ4v) is 3.39. The highest BCUT2D eigenvalue weighted by Gasteiger charge is 2.53. The van der Waals surface area contributed by atoms with Gasteiger partial charge in [0.15, 0.2) is 11.9 Å². The van der Waals surface area contributed by atoms with Crippen molar-refractivity contribution in [1.29, 1.82) is 0 Å². The van der Waals surface area contributed by atoms with E-state index >= 15 is 0 Å². The Labute approximate surface area is 136 Å². The summed E-state index contributed by atoms with van der Waals surface area (Å²) in [5.74, 6) is 0.542. The van der Waals surface area contributed by atoms with E-state index in [1.54, 1.807) is 6.20 Å². The molecule has 0 saturated carbocycles. The summed E-state index contributed by atoms with van der Waals surface area (Å²) in [6.45, 7) is 2.26. The maximum Gasteiger partial charge on any atom is 0.348 e. The van der Waals surface area contributed by atoms with Gasteiger partial charge in [-0.3, -0.25) is 4.98 Å². The minimum atomic E-state index is -1.65. The molecule has 0 aliphatic carbocycles. The lowest BCUT2D eigenvalue weighted by molar-refractivity contribution is -0.0948. The Hall–Kier alpha value is -2.14. The van der Waals surface area contributed by atoms with Crippen LogP contribution in [0.1, 0.15) is 13.2 Å². The first-order valence-electron chi connectivity index (χ1n) is 7.73. The molecule has 0 amide bonds. The number of hydrogen-bond acceptors (Lipinski definition) is 8. The summed E-state index contributed by atoms with van der Waals surface area (Å²) < 4.78 is 7.15. The number of aliphatic hydroxyl groups excluding tert-OH is 2. The van der Waals surface area contributed by atoms with Crippen LogP contribution in [-0.4, -0.2) is 67.4 Å². The molecule has 4 heterocycles. The van der Waals surface area contributed by atoms with Crippen LogP contribution in [0.15, 0.2) is 11.0 Å². The fraction of sp³-hybridized carbons (Fsp3) is 0.571. The molecule has 0 spiro atoms. The van der Waals surface area contributed by atoms with Crippen LogP contribution >= 0.6 is 0 Å². The minimum Gasteiger partial charge on any atom is -0.394 e. The number of anilines is 2. The van der Waals surface area contributed by atoms with Gasteiger partial charge < -0.3 is 35.3 Å². The molecule has 2 aliphatic rings. The number of aliphatic hydroxyl groups is 3. The second kappa shape index (κ2) is 5.18. The van der Waals surface area contributed by atoms with Gasteiger partial charge in [0.2, 0.25) is 0 Å². The average Bonchev–Trinajstić information content (AvgIpc) is 2.89. The van der Waals surface area contributed by atoms with Crippen molar-refractivity contribution >= 4 is 22.5 Å². The molecular weight excluding hydrogens is 318 g/mol. The summed E-state index contributed by atoms with van der Waals surface area (Å²) in [5.41, 5.74) is -1.13. The van der Waals surface area contributed by atoms with Crippen molar-refractivity contribution in [2.24, 2.45) is 0 Å². The summed E-state index contributed by atoms with van der Waals surface area (Å²) >= 11 is 0. The van der Waals surface area contributed by atoms with Crippen LogP contribution in [0.2, 0.25) is 0 Å². The lowest BCUT2D eigenvalue weighted by atomic mass is 9.96. The van der Waals surface area contributed by atoms with Crippen molar-refractivity contribution in [2.45, 2.75) is 31.0 Å². The molecule has 0 bridgehead atoms. The van der Waals surface area contributed by atoms with E-state index in [0.717, 1.165) is 5.69 Å². The van der Waals surface area contributed by atoms with E-state index in [9.17, 15) is 20.1 Å². The van der Waals surface area contributed by atoms with Crippen LogP contribution in [-0.2, 0) is 4.74 Å². The lowest BCUT2D eigenvalue weighted by Gasteiger charge is -2.27. The first-order chi connectivity index (χ1) is 11.4. The van der Waals surface area contributed by atoms with Crippen LogP contribution in [0.4, 0.5) is 11.5 Å². The minimum absolute atomic E-state index is 0.321.